The van der Waals surface area contributed by atoms with E-state index in [1.165, 1.54) is 26.1 Å². The van der Waals surface area contributed by atoms with Crippen LogP contribution in [0, 0.1) is 6.92 Å². The fourth-order valence-corrected chi connectivity index (χ4v) is 6.34. The van der Waals surface area contributed by atoms with Crippen LogP contribution in [0.4, 0.5) is 0 Å². The largest absolute Gasteiger partial charge is 0.338 e. The van der Waals surface area contributed by atoms with Crippen LogP contribution in [0.25, 0.3) is 0 Å². The van der Waals surface area contributed by atoms with E-state index in [0.29, 0.717) is 6.04 Å². The summed E-state index contributed by atoms with van der Waals surface area (Å²) < 4.78 is 0. The summed E-state index contributed by atoms with van der Waals surface area (Å²) in [5.74, 6) is 1.13. The molecule has 0 N–H and O–H groups in total. The normalized spacial score (nSPS) is 22.8. The molecule has 2 aromatic carbocycles. The molecule has 0 bridgehead atoms. The molecule has 2 aliphatic heterocycles. The van der Waals surface area contributed by atoms with Crippen molar-refractivity contribution in [2.75, 3.05) is 5.75 Å². The molecule has 3 heterocycles. The maximum atomic E-state index is 5.11. The molecular formula is C25H25N3S2. The van der Waals surface area contributed by atoms with Gasteiger partial charge in [-0.25, -0.2) is 0 Å². The molecule has 0 amide bonds. The van der Waals surface area contributed by atoms with Gasteiger partial charge in [-0.05, 0) is 55.3 Å². The predicted octanol–water partition coefficient (Wildman–Crippen LogP) is 6.52. The van der Waals surface area contributed by atoms with E-state index in [1.54, 1.807) is 0 Å². The van der Waals surface area contributed by atoms with E-state index in [0.717, 1.165) is 17.9 Å². The van der Waals surface area contributed by atoms with E-state index in [4.69, 9.17) is 4.99 Å². The van der Waals surface area contributed by atoms with Gasteiger partial charge in [0, 0.05) is 27.8 Å². The highest BCUT2D eigenvalue weighted by molar-refractivity contribution is 8.14. The lowest BCUT2D eigenvalue weighted by molar-refractivity contribution is 0.255. The number of hydrogen-bond acceptors (Lipinski definition) is 5. The first kappa shape index (κ1) is 19.7. The molecule has 0 spiro atoms. The van der Waals surface area contributed by atoms with E-state index in [1.807, 2.05) is 35.8 Å². The summed E-state index contributed by atoms with van der Waals surface area (Å²) in [6.45, 7) is 4.40. The molecule has 1 saturated heterocycles. The highest BCUT2D eigenvalue weighted by atomic mass is 32.2. The third-order valence-electron chi connectivity index (χ3n) is 5.81. The van der Waals surface area contributed by atoms with Crippen molar-refractivity contribution in [3.63, 3.8) is 0 Å². The second-order valence-corrected chi connectivity index (χ2v) is 9.95. The number of benzene rings is 2. The summed E-state index contributed by atoms with van der Waals surface area (Å²) in [4.78, 5) is 14.8. The van der Waals surface area contributed by atoms with Crippen LogP contribution >= 0.6 is 23.5 Å². The minimum Gasteiger partial charge on any atom is -0.338 e. The van der Waals surface area contributed by atoms with Gasteiger partial charge in [0.1, 0.15) is 6.04 Å². The molecule has 152 valence electrons. The molecule has 3 nitrogen and oxygen atoms in total. The number of hydrogen-bond donors (Lipinski definition) is 0. The maximum Gasteiger partial charge on any atom is 0.160 e. The zero-order chi connectivity index (χ0) is 20.5. The van der Waals surface area contributed by atoms with E-state index in [2.05, 4.69) is 84.4 Å². The molecule has 3 aromatic rings. The minimum absolute atomic E-state index is 0.0543. The molecular weight excluding hydrogens is 406 g/mol. The number of aromatic nitrogens is 1. The lowest BCUT2D eigenvalue weighted by atomic mass is 9.95. The van der Waals surface area contributed by atoms with Crippen molar-refractivity contribution in [1.82, 2.24) is 9.88 Å². The summed E-state index contributed by atoms with van der Waals surface area (Å²) in [7, 11) is 0. The number of fused-ring (bicyclic) bond motifs is 1. The molecule has 1 fully saturated rings. The third kappa shape index (κ3) is 3.77. The Hall–Kier alpha value is -2.24. The molecule has 3 unspecified atom stereocenters. The fourth-order valence-electron chi connectivity index (χ4n) is 4.19. The van der Waals surface area contributed by atoms with Gasteiger partial charge in [-0.1, -0.05) is 66.3 Å². The molecule has 0 radical (unpaired) electrons. The standard InChI is InChI=1S/C25H25N3S2/c1-3-19-16-29-25-27-23(22-6-4-5-15-26-22)24(28(19)25)18-9-13-21(14-10-18)30-20-11-7-17(2)8-12-20/h4-15,19,23-24H,3,16H2,1-2H3. The molecule has 30 heavy (non-hydrogen) atoms. The molecule has 5 heteroatoms. The zero-order valence-corrected chi connectivity index (χ0v) is 18.9. The minimum atomic E-state index is 0.0543. The first-order valence-corrected chi connectivity index (χ1v) is 12.3. The molecule has 3 atom stereocenters. The number of aryl methyl sites for hydroxylation is 1. The molecule has 0 aliphatic carbocycles. The summed E-state index contributed by atoms with van der Waals surface area (Å²) in [6, 6.07) is 24.7. The van der Waals surface area contributed by atoms with Gasteiger partial charge in [0.2, 0.25) is 0 Å². The van der Waals surface area contributed by atoms with Gasteiger partial charge >= 0.3 is 0 Å². The Morgan fingerprint density at radius 2 is 1.73 bits per heavy atom. The quantitative estimate of drug-likeness (QED) is 0.460. The van der Waals surface area contributed by atoms with Crippen molar-refractivity contribution >= 4 is 28.7 Å². The number of amidine groups is 1. The fraction of sp³-hybridized carbons (Fsp3) is 0.280. The van der Waals surface area contributed by atoms with Gasteiger partial charge in [-0.2, -0.15) is 0 Å². The third-order valence-corrected chi connectivity index (χ3v) is 7.95. The smallest absolute Gasteiger partial charge is 0.160 e. The Balaban J connectivity index is 1.44. The monoisotopic (exact) mass is 431 g/mol. The SMILES string of the molecule is CCC1CSC2=NC(c3ccccn3)C(c3ccc(Sc4ccc(C)cc4)cc3)N21. The van der Waals surface area contributed by atoms with Gasteiger partial charge in [0.15, 0.2) is 5.17 Å². The Labute approximate surface area is 187 Å². The first-order chi connectivity index (χ1) is 14.7. The maximum absolute atomic E-state index is 5.11. The van der Waals surface area contributed by atoms with Crippen molar-refractivity contribution in [2.45, 2.75) is 48.2 Å². The van der Waals surface area contributed by atoms with Gasteiger partial charge in [0.05, 0.1) is 11.7 Å². The zero-order valence-electron chi connectivity index (χ0n) is 17.2. The van der Waals surface area contributed by atoms with Crippen LogP contribution in [-0.2, 0) is 0 Å². The second kappa shape index (κ2) is 8.48. The van der Waals surface area contributed by atoms with Crippen LogP contribution in [0.15, 0.2) is 87.7 Å². The lowest BCUT2D eigenvalue weighted by Crippen LogP contribution is -2.35. The summed E-state index contributed by atoms with van der Waals surface area (Å²) in [5.41, 5.74) is 3.66. The summed E-state index contributed by atoms with van der Waals surface area (Å²) in [6.07, 6.45) is 3.01. The molecule has 2 aliphatic rings. The van der Waals surface area contributed by atoms with E-state index < -0.39 is 0 Å². The van der Waals surface area contributed by atoms with Crippen LogP contribution in [0.3, 0.4) is 0 Å². The Morgan fingerprint density at radius 3 is 2.40 bits per heavy atom. The number of rotatable bonds is 5. The first-order valence-electron chi connectivity index (χ1n) is 10.5. The average Bonchev–Trinajstić information content (AvgIpc) is 3.36. The van der Waals surface area contributed by atoms with Gasteiger partial charge in [0.25, 0.3) is 0 Å². The molecule has 0 saturated carbocycles. The Kier molecular flexibility index (Phi) is 5.57. The number of aliphatic imine (C=N–C) groups is 1. The summed E-state index contributed by atoms with van der Waals surface area (Å²) >= 11 is 3.70. The highest BCUT2D eigenvalue weighted by Crippen LogP contribution is 2.48. The molecule has 1 aromatic heterocycles. The van der Waals surface area contributed by atoms with Crippen LogP contribution in [-0.4, -0.2) is 26.8 Å². The van der Waals surface area contributed by atoms with E-state index in [9.17, 15) is 0 Å². The van der Waals surface area contributed by atoms with Gasteiger partial charge < -0.3 is 4.90 Å². The van der Waals surface area contributed by atoms with E-state index in [-0.39, 0.29) is 12.1 Å². The van der Waals surface area contributed by atoms with Crippen molar-refractivity contribution < 1.29 is 0 Å². The van der Waals surface area contributed by atoms with Gasteiger partial charge in [-0.15, -0.1) is 0 Å². The van der Waals surface area contributed by atoms with Crippen molar-refractivity contribution in [3.8, 4) is 0 Å². The summed E-state index contributed by atoms with van der Waals surface area (Å²) in [5, 5.41) is 1.18. The lowest BCUT2D eigenvalue weighted by Gasteiger charge is -2.32. The Morgan fingerprint density at radius 1 is 1.00 bits per heavy atom. The number of thioether (sulfide) groups is 1. The topological polar surface area (TPSA) is 28.5 Å². The van der Waals surface area contributed by atoms with Gasteiger partial charge in [-0.3, -0.25) is 9.98 Å². The highest BCUT2D eigenvalue weighted by Gasteiger charge is 2.45. The predicted molar refractivity (Wildman–Crippen MR) is 127 cm³/mol. The average molecular weight is 432 g/mol. The van der Waals surface area contributed by atoms with Crippen LogP contribution in [0.1, 0.15) is 42.2 Å². The van der Waals surface area contributed by atoms with E-state index >= 15 is 0 Å². The van der Waals surface area contributed by atoms with Crippen molar-refractivity contribution in [1.29, 1.82) is 0 Å². The molecule has 5 rings (SSSR count). The van der Waals surface area contributed by atoms with Crippen LogP contribution < -0.4 is 0 Å². The second-order valence-electron chi connectivity index (χ2n) is 7.82. The van der Waals surface area contributed by atoms with Crippen molar-refractivity contribution in [2.24, 2.45) is 4.99 Å². The number of pyridine rings is 1. The van der Waals surface area contributed by atoms with Crippen LogP contribution in [0.2, 0.25) is 0 Å². The van der Waals surface area contributed by atoms with Crippen LogP contribution in [0.5, 0.6) is 0 Å². The Bertz CT molecular complexity index is 1030. The van der Waals surface area contributed by atoms with Crippen molar-refractivity contribution in [3.05, 3.63) is 89.7 Å². The number of nitrogens with zero attached hydrogens (tertiary/aromatic N) is 3.